The van der Waals surface area contributed by atoms with E-state index in [9.17, 15) is 13.2 Å². The number of nitrogens with one attached hydrogen (secondary N) is 2. The van der Waals surface area contributed by atoms with Crippen LogP contribution in [-0.4, -0.2) is 47.1 Å². The van der Waals surface area contributed by atoms with Crippen LogP contribution in [0.1, 0.15) is 11.1 Å². The summed E-state index contributed by atoms with van der Waals surface area (Å²) in [6.07, 6.45) is -4.38. The topological polar surface area (TPSA) is 73.3 Å². The van der Waals surface area contributed by atoms with Gasteiger partial charge in [0.25, 0.3) is 0 Å². The highest BCUT2D eigenvalue weighted by atomic mass is 127. The lowest BCUT2D eigenvalue weighted by Gasteiger charge is -2.16. The van der Waals surface area contributed by atoms with Crippen LogP contribution in [0.5, 0.6) is 23.0 Å². The van der Waals surface area contributed by atoms with E-state index < -0.39 is 12.8 Å². The fraction of sp³-hybridized carbons (Fsp3) is 0.381. The molecule has 0 saturated carbocycles. The molecule has 2 rings (SSSR count). The summed E-state index contributed by atoms with van der Waals surface area (Å²) in [5.41, 5.74) is 1.62. The maximum absolute atomic E-state index is 12.3. The van der Waals surface area contributed by atoms with Crippen molar-refractivity contribution < 1.29 is 32.1 Å². The zero-order valence-corrected chi connectivity index (χ0v) is 20.5. The van der Waals surface area contributed by atoms with E-state index in [2.05, 4.69) is 15.6 Å². The molecule has 0 aliphatic carbocycles. The Balaban J connectivity index is 0.00000512. The van der Waals surface area contributed by atoms with Gasteiger partial charge in [-0.3, -0.25) is 4.99 Å². The average molecular weight is 569 g/mol. The summed E-state index contributed by atoms with van der Waals surface area (Å²) < 4.78 is 57.8. The molecule has 2 N–H and O–H groups in total. The molecular formula is C21H27F3IN3O4. The number of nitrogens with zero attached hydrogens (tertiary/aromatic N) is 1. The lowest BCUT2D eigenvalue weighted by molar-refractivity contribution is -0.153. The van der Waals surface area contributed by atoms with Gasteiger partial charge in [0.1, 0.15) is 5.75 Å². The van der Waals surface area contributed by atoms with Crippen molar-refractivity contribution in [3.8, 4) is 23.0 Å². The highest BCUT2D eigenvalue weighted by Gasteiger charge is 2.28. The third-order valence-corrected chi connectivity index (χ3v) is 4.17. The molecule has 178 valence electrons. The van der Waals surface area contributed by atoms with Crippen molar-refractivity contribution in [1.82, 2.24) is 10.6 Å². The summed E-state index contributed by atoms with van der Waals surface area (Å²) >= 11 is 0. The minimum atomic E-state index is -4.38. The number of alkyl halides is 3. The summed E-state index contributed by atoms with van der Waals surface area (Å²) in [6.45, 7) is -0.564. The molecule has 0 bridgehead atoms. The number of rotatable bonds is 9. The van der Waals surface area contributed by atoms with Crippen LogP contribution in [0.4, 0.5) is 13.2 Å². The molecule has 11 heteroatoms. The van der Waals surface area contributed by atoms with Crippen molar-refractivity contribution in [3.05, 3.63) is 47.5 Å². The quantitative estimate of drug-likeness (QED) is 0.269. The minimum Gasteiger partial charge on any atom is -0.493 e. The van der Waals surface area contributed by atoms with Crippen molar-refractivity contribution in [1.29, 1.82) is 0 Å². The lowest BCUT2D eigenvalue weighted by Crippen LogP contribution is -2.36. The molecule has 0 aliphatic rings. The number of hydrogen-bond acceptors (Lipinski definition) is 5. The van der Waals surface area contributed by atoms with E-state index in [4.69, 9.17) is 18.9 Å². The molecule has 2 aromatic carbocycles. The summed E-state index contributed by atoms with van der Waals surface area (Å²) in [5.74, 6) is 2.24. The number of guanidine groups is 1. The number of methoxy groups -OCH3 is 3. The van der Waals surface area contributed by atoms with Gasteiger partial charge in [-0.1, -0.05) is 12.1 Å². The molecule has 0 amide bonds. The first-order valence-corrected chi connectivity index (χ1v) is 9.31. The van der Waals surface area contributed by atoms with Crippen LogP contribution in [0.25, 0.3) is 0 Å². The SMILES string of the molecule is CN=C(NCc1cccc(OCC(F)(F)F)c1)NCc1cc(OC)c(OC)c(OC)c1.I. The Morgan fingerprint density at radius 1 is 0.906 bits per heavy atom. The Hall–Kier alpha value is -2.57. The molecule has 0 atom stereocenters. The number of benzene rings is 2. The average Bonchev–Trinajstić information content (AvgIpc) is 2.76. The Morgan fingerprint density at radius 3 is 2.00 bits per heavy atom. The third-order valence-electron chi connectivity index (χ3n) is 4.17. The van der Waals surface area contributed by atoms with E-state index in [-0.39, 0.29) is 29.7 Å². The van der Waals surface area contributed by atoms with Gasteiger partial charge in [0, 0.05) is 20.1 Å². The normalized spacial score (nSPS) is 11.3. The predicted octanol–water partition coefficient (Wildman–Crippen LogP) is 4.14. The van der Waals surface area contributed by atoms with Crippen LogP contribution in [-0.2, 0) is 13.1 Å². The monoisotopic (exact) mass is 569 g/mol. The maximum atomic E-state index is 12.3. The van der Waals surface area contributed by atoms with E-state index in [0.29, 0.717) is 36.3 Å². The van der Waals surface area contributed by atoms with E-state index in [1.165, 1.54) is 13.2 Å². The van der Waals surface area contributed by atoms with E-state index >= 15 is 0 Å². The van der Waals surface area contributed by atoms with Crippen LogP contribution in [0, 0.1) is 0 Å². The third kappa shape index (κ3) is 8.52. The molecule has 7 nitrogen and oxygen atoms in total. The van der Waals surface area contributed by atoms with Gasteiger partial charge in [0.2, 0.25) is 5.75 Å². The summed E-state index contributed by atoms with van der Waals surface area (Å²) in [5, 5.41) is 6.27. The molecule has 0 spiro atoms. The molecular weight excluding hydrogens is 542 g/mol. The molecule has 0 aliphatic heterocycles. The van der Waals surface area contributed by atoms with E-state index in [0.717, 1.165) is 11.1 Å². The molecule has 2 aromatic rings. The summed E-state index contributed by atoms with van der Waals surface area (Å²) in [6, 6.07) is 10.1. The van der Waals surface area contributed by atoms with Crippen LogP contribution in [0.3, 0.4) is 0 Å². The second-order valence-corrected chi connectivity index (χ2v) is 6.36. The zero-order chi connectivity index (χ0) is 22.9. The number of aliphatic imine (C=N–C) groups is 1. The molecule has 0 radical (unpaired) electrons. The minimum absolute atomic E-state index is 0. The van der Waals surface area contributed by atoms with Gasteiger partial charge < -0.3 is 29.6 Å². The van der Waals surface area contributed by atoms with Gasteiger partial charge >= 0.3 is 6.18 Å². The molecule has 32 heavy (non-hydrogen) atoms. The second-order valence-electron chi connectivity index (χ2n) is 6.36. The van der Waals surface area contributed by atoms with Crippen molar-refractivity contribution in [2.24, 2.45) is 4.99 Å². The molecule has 0 fully saturated rings. The number of ether oxygens (including phenoxy) is 4. The lowest BCUT2D eigenvalue weighted by atomic mass is 10.2. The summed E-state index contributed by atoms with van der Waals surface area (Å²) in [7, 11) is 6.24. The Morgan fingerprint density at radius 2 is 1.50 bits per heavy atom. The smallest absolute Gasteiger partial charge is 0.422 e. The predicted molar refractivity (Wildman–Crippen MR) is 127 cm³/mol. The Bertz CT molecular complexity index is 870. The maximum Gasteiger partial charge on any atom is 0.422 e. The van der Waals surface area contributed by atoms with Crippen molar-refractivity contribution >= 4 is 29.9 Å². The van der Waals surface area contributed by atoms with Crippen LogP contribution in [0.15, 0.2) is 41.4 Å². The highest BCUT2D eigenvalue weighted by Crippen LogP contribution is 2.38. The zero-order valence-electron chi connectivity index (χ0n) is 18.2. The van der Waals surface area contributed by atoms with Crippen LogP contribution >= 0.6 is 24.0 Å². The van der Waals surface area contributed by atoms with Crippen LogP contribution < -0.4 is 29.6 Å². The number of halogens is 4. The van der Waals surface area contributed by atoms with Gasteiger partial charge in [0.15, 0.2) is 24.1 Å². The standard InChI is InChI=1S/C21H26F3N3O4.HI/c1-25-20(26-11-14-6-5-7-16(8-14)31-13-21(22,23)24)27-12-15-9-17(28-2)19(30-4)18(10-15)29-3;/h5-10H,11-13H2,1-4H3,(H2,25,26,27);1H. The fourth-order valence-corrected chi connectivity index (χ4v) is 2.74. The van der Waals surface area contributed by atoms with Gasteiger partial charge in [-0.15, -0.1) is 24.0 Å². The van der Waals surface area contributed by atoms with Crippen molar-refractivity contribution in [2.75, 3.05) is 35.0 Å². The highest BCUT2D eigenvalue weighted by molar-refractivity contribution is 14.0. The second kappa shape index (κ2) is 13.1. The van der Waals surface area contributed by atoms with Crippen molar-refractivity contribution in [3.63, 3.8) is 0 Å². The Labute approximate surface area is 202 Å². The number of hydrogen-bond donors (Lipinski definition) is 2. The molecule has 0 saturated heterocycles. The summed E-state index contributed by atoms with van der Waals surface area (Å²) in [4.78, 5) is 4.16. The first kappa shape index (κ1) is 27.5. The van der Waals surface area contributed by atoms with Gasteiger partial charge in [-0.05, 0) is 35.4 Å². The van der Waals surface area contributed by atoms with Gasteiger partial charge in [0.05, 0.1) is 21.3 Å². The Kier molecular flexibility index (Phi) is 11.2. The van der Waals surface area contributed by atoms with E-state index in [1.54, 1.807) is 39.5 Å². The first-order valence-electron chi connectivity index (χ1n) is 9.31. The van der Waals surface area contributed by atoms with E-state index in [1.807, 2.05) is 12.1 Å². The fourth-order valence-electron chi connectivity index (χ4n) is 2.74. The van der Waals surface area contributed by atoms with Crippen LogP contribution in [0.2, 0.25) is 0 Å². The molecule has 0 aromatic heterocycles. The van der Waals surface area contributed by atoms with Crippen molar-refractivity contribution in [2.45, 2.75) is 19.3 Å². The first-order chi connectivity index (χ1) is 14.8. The van der Waals surface area contributed by atoms with Gasteiger partial charge in [-0.2, -0.15) is 13.2 Å². The largest absolute Gasteiger partial charge is 0.493 e. The molecule has 0 heterocycles. The molecule has 0 unspecified atom stereocenters. The van der Waals surface area contributed by atoms with Gasteiger partial charge in [-0.25, -0.2) is 0 Å².